The maximum atomic E-state index is 12.1. The zero-order valence-corrected chi connectivity index (χ0v) is 13.3. The molecule has 0 saturated carbocycles. The maximum absolute atomic E-state index is 12.1. The standard InChI is InChI=1S/C18H20N2O3/c1-12-3-5-13(6-4-12)18(22)19-10-9-17-20(2)15-8-7-14(21)11-16(15)23-17/h3-6,8,11,17H,7,9-10H2,1-2H3,(H,19,22). The summed E-state index contributed by atoms with van der Waals surface area (Å²) >= 11 is 0. The molecule has 1 aromatic carbocycles. The van der Waals surface area contributed by atoms with Gasteiger partial charge in [-0.1, -0.05) is 17.7 Å². The third kappa shape index (κ3) is 3.28. The molecule has 1 unspecified atom stereocenters. The van der Waals surface area contributed by atoms with E-state index in [1.807, 2.05) is 49.2 Å². The second kappa shape index (κ2) is 6.28. The minimum atomic E-state index is -0.156. The van der Waals surface area contributed by atoms with Gasteiger partial charge in [0.15, 0.2) is 12.0 Å². The van der Waals surface area contributed by atoms with E-state index in [1.54, 1.807) is 6.08 Å². The fourth-order valence-corrected chi connectivity index (χ4v) is 2.74. The van der Waals surface area contributed by atoms with Crippen molar-refractivity contribution in [1.29, 1.82) is 0 Å². The van der Waals surface area contributed by atoms with Crippen LogP contribution in [0.2, 0.25) is 0 Å². The smallest absolute Gasteiger partial charge is 0.251 e. The van der Waals surface area contributed by atoms with E-state index in [-0.39, 0.29) is 17.9 Å². The summed E-state index contributed by atoms with van der Waals surface area (Å²) in [5.74, 6) is 0.612. The summed E-state index contributed by atoms with van der Waals surface area (Å²) < 4.78 is 5.80. The van der Waals surface area contributed by atoms with Crippen LogP contribution in [-0.4, -0.2) is 36.4 Å². The van der Waals surface area contributed by atoms with Crippen molar-refractivity contribution in [1.82, 2.24) is 10.2 Å². The third-order valence-electron chi connectivity index (χ3n) is 4.11. The van der Waals surface area contributed by atoms with Crippen molar-refractivity contribution in [2.75, 3.05) is 13.6 Å². The molecule has 0 aromatic heterocycles. The number of hydrogen-bond acceptors (Lipinski definition) is 4. The van der Waals surface area contributed by atoms with Crippen molar-refractivity contribution in [3.05, 3.63) is 59.0 Å². The summed E-state index contributed by atoms with van der Waals surface area (Å²) in [4.78, 5) is 25.5. The van der Waals surface area contributed by atoms with Crippen molar-refractivity contribution in [2.45, 2.75) is 26.0 Å². The second-order valence-electron chi connectivity index (χ2n) is 5.86. The average Bonchev–Trinajstić information content (AvgIpc) is 2.83. The molecule has 0 bridgehead atoms. The van der Waals surface area contributed by atoms with Gasteiger partial charge < -0.3 is 15.0 Å². The predicted octanol–water partition coefficient (Wildman–Crippen LogP) is 2.14. The molecule has 0 radical (unpaired) electrons. The highest BCUT2D eigenvalue weighted by molar-refractivity contribution is 5.94. The van der Waals surface area contributed by atoms with Crippen LogP contribution in [0.3, 0.4) is 0 Å². The van der Waals surface area contributed by atoms with E-state index < -0.39 is 0 Å². The number of amides is 1. The number of nitrogens with zero attached hydrogens (tertiary/aromatic N) is 1. The number of rotatable bonds is 4. The molecule has 0 spiro atoms. The number of likely N-dealkylation sites (N-methyl/N-ethyl adjacent to an activating group) is 1. The van der Waals surface area contributed by atoms with Crippen molar-refractivity contribution in [2.24, 2.45) is 0 Å². The van der Waals surface area contributed by atoms with E-state index in [0.717, 1.165) is 11.3 Å². The van der Waals surface area contributed by atoms with Gasteiger partial charge in [0, 0.05) is 38.1 Å². The summed E-state index contributed by atoms with van der Waals surface area (Å²) in [6.45, 7) is 2.50. The topological polar surface area (TPSA) is 58.6 Å². The normalized spacial score (nSPS) is 19.7. The van der Waals surface area contributed by atoms with Crippen LogP contribution in [0, 0.1) is 6.92 Å². The minimum absolute atomic E-state index is 0.0606. The number of aryl methyl sites for hydroxylation is 1. The van der Waals surface area contributed by atoms with E-state index in [4.69, 9.17) is 4.74 Å². The van der Waals surface area contributed by atoms with E-state index in [1.165, 1.54) is 0 Å². The third-order valence-corrected chi connectivity index (χ3v) is 4.11. The summed E-state index contributed by atoms with van der Waals surface area (Å²) in [7, 11) is 1.94. The fraction of sp³-hybridized carbons (Fsp3) is 0.333. The Morgan fingerprint density at radius 2 is 2.09 bits per heavy atom. The van der Waals surface area contributed by atoms with Gasteiger partial charge in [0.25, 0.3) is 5.91 Å². The Balaban J connectivity index is 1.53. The van der Waals surface area contributed by atoms with Crippen LogP contribution in [0.1, 0.15) is 28.8 Å². The van der Waals surface area contributed by atoms with Gasteiger partial charge in [0.2, 0.25) is 0 Å². The molecule has 1 aromatic rings. The summed E-state index contributed by atoms with van der Waals surface area (Å²) in [6, 6.07) is 7.48. The molecule has 1 amide bonds. The molecule has 1 fully saturated rings. The van der Waals surface area contributed by atoms with Crippen molar-refractivity contribution < 1.29 is 14.3 Å². The molecular weight excluding hydrogens is 292 g/mol. The SMILES string of the molecule is Cc1ccc(C(=O)NCCC2OC3=CC(=O)CC=C3N2C)cc1. The molecule has 23 heavy (non-hydrogen) atoms. The summed E-state index contributed by atoms with van der Waals surface area (Å²) in [5, 5.41) is 2.90. The molecule has 5 heteroatoms. The number of hydrogen-bond donors (Lipinski definition) is 1. The molecule has 120 valence electrons. The molecule has 5 nitrogen and oxygen atoms in total. The van der Waals surface area contributed by atoms with Gasteiger partial charge in [-0.2, -0.15) is 0 Å². The number of allylic oxidation sites excluding steroid dienone is 2. The lowest BCUT2D eigenvalue weighted by Gasteiger charge is -2.20. The van der Waals surface area contributed by atoms with E-state index in [2.05, 4.69) is 5.32 Å². The Hall–Kier alpha value is -2.56. The number of carbonyl (C=O) groups is 2. The molecule has 2 aliphatic rings. The van der Waals surface area contributed by atoms with Gasteiger partial charge in [-0.15, -0.1) is 0 Å². The van der Waals surface area contributed by atoms with Crippen LogP contribution in [0.15, 0.2) is 47.9 Å². The van der Waals surface area contributed by atoms with Crippen LogP contribution >= 0.6 is 0 Å². The molecule has 1 aliphatic heterocycles. The van der Waals surface area contributed by atoms with Crippen LogP contribution in [0.4, 0.5) is 0 Å². The first-order valence-electron chi connectivity index (χ1n) is 7.74. The summed E-state index contributed by atoms with van der Waals surface area (Å²) in [6.07, 6.45) is 4.36. The number of ketones is 1. The first-order valence-corrected chi connectivity index (χ1v) is 7.74. The van der Waals surface area contributed by atoms with Gasteiger partial charge in [0.1, 0.15) is 5.76 Å². The lowest BCUT2D eigenvalue weighted by Crippen LogP contribution is -2.32. The van der Waals surface area contributed by atoms with E-state index in [0.29, 0.717) is 30.7 Å². The van der Waals surface area contributed by atoms with Crippen LogP contribution < -0.4 is 5.32 Å². The second-order valence-corrected chi connectivity index (χ2v) is 5.86. The lowest BCUT2D eigenvalue weighted by atomic mass is 10.1. The maximum Gasteiger partial charge on any atom is 0.251 e. The Morgan fingerprint density at radius 1 is 1.35 bits per heavy atom. The zero-order valence-electron chi connectivity index (χ0n) is 13.3. The van der Waals surface area contributed by atoms with Gasteiger partial charge in [-0.05, 0) is 25.1 Å². The number of carbonyl (C=O) groups excluding carboxylic acids is 2. The number of nitrogens with one attached hydrogen (secondary N) is 1. The van der Waals surface area contributed by atoms with Crippen LogP contribution in [-0.2, 0) is 9.53 Å². The van der Waals surface area contributed by atoms with Gasteiger partial charge in [-0.25, -0.2) is 0 Å². The molecule has 3 rings (SSSR count). The Kier molecular flexibility index (Phi) is 4.19. The van der Waals surface area contributed by atoms with Crippen molar-refractivity contribution in [3.8, 4) is 0 Å². The lowest BCUT2D eigenvalue weighted by molar-refractivity contribution is -0.114. The quantitative estimate of drug-likeness (QED) is 0.925. The van der Waals surface area contributed by atoms with Gasteiger partial charge in [-0.3, -0.25) is 9.59 Å². The molecule has 1 saturated heterocycles. The molecule has 1 N–H and O–H groups in total. The number of ether oxygens (including phenoxy) is 1. The highest BCUT2D eigenvalue weighted by atomic mass is 16.5. The van der Waals surface area contributed by atoms with Crippen molar-refractivity contribution >= 4 is 11.7 Å². The first-order chi connectivity index (χ1) is 11.0. The van der Waals surface area contributed by atoms with Crippen LogP contribution in [0.25, 0.3) is 0 Å². The average molecular weight is 312 g/mol. The highest BCUT2D eigenvalue weighted by Gasteiger charge is 2.32. The number of fused-ring (bicyclic) bond motifs is 1. The monoisotopic (exact) mass is 312 g/mol. The van der Waals surface area contributed by atoms with Crippen molar-refractivity contribution in [3.63, 3.8) is 0 Å². The molecule has 1 heterocycles. The first kappa shape index (κ1) is 15.3. The van der Waals surface area contributed by atoms with Crippen LogP contribution in [0.5, 0.6) is 0 Å². The summed E-state index contributed by atoms with van der Waals surface area (Å²) in [5.41, 5.74) is 2.74. The molecular formula is C18H20N2O3. The number of benzene rings is 1. The molecule has 1 atom stereocenters. The van der Waals surface area contributed by atoms with Gasteiger partial charge >= 0.3 is 0 Å². The Labute approximate surface area is 135 Å². The molecule has 1 aliphatic carbocycles. The largest absolute Gasteiger partial charge is 0.468 e. The van der Waals surface area contributed by atoms with E-state index in [9.17, 15) is 9.59 Å². The minimum Gasteiger partial charge on any atom is -0.468 e. The van der Waals surface area contributed by atoms with E-state index >= 15 is 0 Å². The fourth-order valence-electron chi connectivity index (χ4n) is 2.74. The Bertz CT molecular complexity index is 689. The predicted molar refractivity (Wildman–Crippen MR) is 86.6 cm³/mol. The highest BCUT2D eigenvalue weighted by Crippen LogP contribution is 2.32. The Morgan fingerprint density at radius 3 is 2.83 bits per heavy atom. The van der Waals surface area contributed by atoms with Gasteiger partial charge in [0.05, 0.1) is 5.70 Å². The zero-order chi connectivity index (χ0) is 16.4.